The second-order valence-electron chi connectivity index (χ2n) is 18.7. The maximum Gasteiger partial charge on any atom is 0.408 e. The summed E-state index contributed by atoms with van der Waals surface area (Å²) in [4.78, 5) is 83.2. The minimum absolute atomic E-state index is 0.0134. The zero-order chi connectivity index (χ0) is 45.9. The molecular weight excluding hydrogens is 809 g/mol. The molecule has 2 saturated carbocycles. The van der Waals surface area contributed by atoms with Crippen LogP contribution in [0.5, 0.6) is 0 Å². The number of esters is 3. The third-order valence-electron chi connectivity index (χ3n) is 13.2. The summed E-state index contributed by atoms with van der Waals surface area (Å²) in [5.74, 6) is -7.81. The lowest BCUT2D eigenvalue weighted by Crippen LogP contribution is -2.84. The van der Waals surface area contributed by atoms with Gasteiger partial charge in [-0.2, -0.15) is 0 Å². The molecule has 3 aliphatic carbocycles. The van der Waals surface area contributed by atoms with E-state index in [-0.39, 0.29) is 16.7 Å². The zero-order valence-corrected chi connectivity index (χ0v) is 36.3. The molecule has 1 amide bonds. The highest BCUT2D eigenvalue weighted by Gasteiger charge is 2.80. The molecule has 0 spiro atoms. The molecule has 3 fully saturated rings. The number of alkyl carbamates (subject to hydrolysis) is 1. The fourth-order valence-electron chi connectivity index (χ4n) is 10.3. The number of benzene rings is 2. The van der Waals surface area contributed by atoms with Crippen molar-refractivity contribution in [2.24, 2.45) is 22.7 Å². The van der Waals surface area contributed by atoms with Crippen LogP contribution in [0.2, 0.25) is 0 Å². The fourth-order valence-corrected chi connectivity index (χ4v) is 10.3. The van der Waals surface area contributed by atoms with Gasteiger partial charge in [-0.05, 0) is 70.4 Å². The summed E-state index contributed by atoms with van der Waals surface area (Å²) < 4.78 is 46.0. The standard InChI is InChI=1S/C46H56FNO14/c1-23(49)20-28-30-24(2)29(59-40(55)33(51)32(26-16-12-10-13-17-26)48-41(56)62-42(4,5)6)21-46(57,43(30,7)8)38(60-39(54)27-18-14-11-15-19-27)34-44(9,35(28)52)36(53)31(47)37-45(34,22-58-37)61-25(3)50/h10-19,28-29,31-34,36-38,51,53,57H,20-22H2,1-9H3,(H,48,56)/t28-,29+,31+,32+,33-,34+,36+,37-,38+,44-,45-,46-/m1/s1. The number of Topliss-reactive ketones (excluding diaryl/α,β-unsaturated/α-hetero) is 2. The minimum Gasteiger partial charge on any atom is -0.456 e. The number of rotatable bonds is 10. The number of aliphatic hydroxyl groups excluding tert-OH is 2. The van der Waals surface area contributed by atoms with Crippen LogP contribution in [0.25, 0.3) is 0 Å². The highest BCUT2D eigenvalue weighted by atomic mass is 19.1. The average Bonchev–Trinajstić information content (AvgIpc) is 3.18. The van der Waals surface area contributed by atoms with Gasteiger partial charge in [0, 0.05) is 31.1 Å². The molecule has 12 atom stereocenters. The second kappa shape index (κ2) is 16.6. The number of alkyl halides is 1. The van der Waals surface area contributed by atoms with Crippen molar-refractivity contribution in [1.82, 2.24) is 5.32 Å². The van der Waals surface area contributed by atoms with Gasteiger partial charge in [-0.15, -0.1) is 0 Å². The number of ketones is 2. The summed E-state index contributed by atoms with van der Waals surface area (Å²) in [6.45, 7) is 12.6. The highest BCUT2D eigenvalue weighted by molar-refractivity contribution is 5.95. The highest BCUT2D eigenvalue weighted by Crippen LogP contribution is 2.65. The Kier molecular flexibility index (Phi) is 12.4. The van der Waals surface area contributed by atoms with Crippen LogP contribution in [0, 0.1) is 22.7 Å². The van der Waals surface area contributed by atoms with E-state index in [4.69, 9.17) is 23.7 Å². The lowest BCUT2D eigenvalue weighted by molar-refractivity contribution is -0.361. The molecule has 0 radical (unpaired) electrons. The topological polar surface area (TPSA) is 221 Å². The van der Waals surface area contributed by atoms with Crippen LogP contribution in [-0.4, -0.2) is 111 Å². The van der Waals surface area contributed by atoms with E-state index in [1.807, 2.05) is 0 Å². The summed E-state index contributed by atoms with van der Waals surface area (Å²) in [6.07, 6.45) is -13.8. The second-order valence-corrected chi connectivity index (χ2v) is 18.7. The summed E-state index contributed by atoms with van der Waals surface area (Å²) >= 11 is 0. The number of aliphatic hydroxyl groups is 3. The Hall–Kier alpha value is -5.03. The summed E-state index contributed by atoms with van der Waals surface area (Å²) in [7, 11) is 0. The number of nitrogens with one attached hydrogen (secondary N) is 1. The maximum atomic E-state index is 16.6. The van der Waals surface area contributed by atoms with Crippen molar-refractivity contribution in [3.05, 3.63) is 82.9 Å². The first-order valence-corrected chi connectivity index (χ1v) is 20.6. The number of carbonyl (C=O) groups is 6. The third-order valence-corrected chi connectivity index (χ3v) is 13.2. The number of hydrogen-bond donors (Lipinski definition) is 4. The van der Waals surface area contributed by atoms with Gasteiger partial charge in [0.05, 0.1) is 29.5 Å². The number of amides is 1. The van der Waals surface area contributed by atoms with Gasteiger partial charge in [0.2, 0.25) is 0 Å². The Morgan fingerprint density at radius 1 is 0.968 bits per heavy atom. The van der Waals surface area contributed by atoms with Crippen LogP contribution < -0.4 is 5.32 Å². The summed E-state index contributed by atoms with van der Waals surface area (Å²) in [5, 5.41) is 39.9. The first kappa shape index (κ1) is 46.5. The molecule has 15 nitrogen and oxygen atoms in total. The van der Waals surface area contributed by atoms with Crippen LogP contribution in [0.3, 0.4) is 0 Å². The quantitative estimate of drug-likeness (QED) is 0.147. The summed E-state index contributed by atoms with van der Waals surface area (Å²) in [6, 6.07) is 14.3. The van der Waals surface area contributed by atoms with Crippen molar-refractivity contribution >= 4 is 35.6 Å². The van der Waals surface area contributed by atoms with E-state index in [1.165, 1.54) is 32.9 Å². The van der Waals surface area contributed by atoms with Crippen molar-refractivity contribution in [3.8, 4) is 0 Å². The monoisotopic (exact) mass is 865 g/mol. The van der Waals surface area contributed by atoms with E-state index in [0.29, 0.717) is 5.56 Å². The van der Waals surface area contributed by atoms with Gasteiger partial charge < -0.3 is 44.3 Å². The molecule has 1 heterocycles. The SMILES string of the molecule is CC(=O)C[C@H]1C(=O)[C@@]2(C)[C@H]([C@H](OC(=O)c3ccccc3)[C@]3(O)C[C@H](OC(=O)[C@H](O)[C@@H](NC(=O)OC(C)(C)C)c4ccccc4)C(C)=C1C3(C)C)[C@]1(OC(C)=O)CO[C@@H]1[C@@H](F)[C@@H]2O. The van der Waals surface area contributed by atoms with Gasteiger partial charge in [-0.1, -0.05) is 62.4 Å². The molecule has 0 aromatic heterocycles. The molecule has 1 saturated heterocycles. The Bertz CT molecular complexity index is 2140. The molecule has 4 aliphatic rings. The molecular formula is C46H56FNO14. The van der Waals surface area contributed by atoms with E-state index < -0.39 is 137 Å². The number of ether oxygens (including phenoxy) is 5. The lowest BCUT2D eigenvalue weighted by atomic mass is 9.43. The van der Waals surface area contributed by atoms with Gasteiger partial charge in [0.1, 0.15) is 47.2 Å². The smallest absolute Gasteiger partial charge is 0.408 e. The maximum absolute atomic E-state index is 16.6. The van der Waals surface area contributed by atoms with Gasteiger partial charge in [-0.3, -0.25) is 14.4 Å². The Morgan fingerprint density at radius 2 is 1.56 bits per heavy atom. The fraction of sp³-hybridized carbons (Fsp3) is 0.565. The van der Waals surface area contributed by atoms with E-state index in [1.54, 1.807) is 83.1 Å². The van der Waals surface area contributed by atoms with Crippen LogP contribution in [0.4, 0.5) is 9.18 Å². The van der Waals surface area contributed by atoms with E-state index >= 15 is 9.18 Å². The minimum atomic E-state index is -2.45. The van der Waals surface area contributed by atoms with Crippen LogP contribution >= 0.6 is 0 Å². The molecule has 2 aromatic carbocycles. The molecule has 62 heavy (non-hydrogen) atoms. The predicted octanol–water partition coefficient (Wildman–Crippen LogP) is 4.44. The molecule has 336 valence electrons. The first-order chi connectivity index (χ1) is 28.8. The zero-order valence-electron chi connectivity index (χ0n) is 36.3. The largest absolute Gasteiger partial charge is 0.456 e. The Labute approximate surface area is 359 Å². The molecule has 6 rings (SSSR count). The van der Waals surface area contributed by atoms with Gasteiger partial charge in [-0.25, -0.2) is 18.8 Å². The Balaban J connectivity index is 1.55. The van der Waals surface area contributed by atoms with Gasteiger partial charge >= 0.3 is 24.0 Å². The molecule has 0 unspecified atom stereocenters. The number of halogens is 1. The van der Waals surface area contributed by atoms with Crippen LogP contribution in [0.15, 0.2) is 71.8 Å². The Morgan fingerprint density at radius 3 is 2.10 bits per heavy atom. The van der Waals surface area contributed by atoms with E-state index in [9.17, 15) is 39.3 Å². The number of carbonyl (C=O) groups excluding carboxylic acids is 6. The average molecular weight is 866 g/mol. The van der Waals surface area contributed by atoms with Crippen LogP contribution in [-0.2, 0) is 42.9 Å². The van der Waals surface area contributed by atoms with Crippen molar-refractivity contribution in [2.45, 2.75) is 135 Å². The van der Waals surface area contributed by atoms with Crippen molar-refractivity contribution in [3.63, 3.8) is 0 Å². The van der Waals surface area contributed by atoms with Gasteiger partial charge in [0.15, 0.2) is 17.9 Å². The molecule has 1 aliphatic heterocycles. The van der Waals surface area contributed by atoms with Crippen molar-refractivity contribution in [2.75, 3.05) is 6.61 Å². The van der Waals surface area contributed by atoms with Crippen molar-refractivity contribution in [1.29, 1.82) is 0 Å². The molecule has 4 N–H and O–H groups in total. The lowest BCUT2D eigenvalue weighted by Gasteiger charge is -2.68. The molecule has 16 heteroatoms. The van der Waals surface area contributed by atoms with E-state index in [0.717, 1.165) is 6.92 Å². The normalized spacial score (nSPS) is 33.4. The molecule has 2 bridgehead atoms. The van der Waals surface area contributed by atoms with Gasteiger partial charge in [0.25, 0.3) is 0 Å². The summed E-state index contributed by atoms with van der Waals surface area (Å²) in [5.41, 5.74) is -8.90. The predicted molar refractivity (Wildman–Crippen MR) is 217 cm³/mol. The third kappa shape index (κ3) is 7.83. The van der Waals surface area contributed by atoms with E-state index in [2.05, 4.69) is 5.32 Å². The molecule has 2 aromatic rings. The number of fused-ring (bicyclic) bond motifs is 5. The van der Waals surface area contributed by atoms with Crippen LogP contribution in [0.1, 0.15) is 97.1 Å². The number of hydrogen-bond acceptors (Lipinski definition) is 14. The first-order valence-electron chi connectivity index (χ1n) is 20.6. The van der Waals surface area contributed by atoms with Crippen molar-refractivity contribution < 1.29 is 72.2 Å².